The van der Waals surface area contributed by atoms with E-state index >= 15 is 0 Å². The average Bonchev–Trinajstić information content (AvgIpc) is 3.19. The first-order valence-corrected chi connectivity index (χ1v) is 11.1. The van der Waals surface area contributed by atoms with Crippen LogP contribution in [-0.4, -0.2) is 47.2 Å². The molecule has 0 spiro atoms. The first-order chi connectivity index (χ1) is 14.0. The zero-order valence-corrected chi connectivity index (χ0v) is 18.5. The number of esters is 1. The molecule has 1 N–H and O–H groups in total. The van der Waals surface area contributed by atoms with Gasteiger partial charge in [-0.2, -0.15) is 5.26 Å². The number of nitriles is 1. The number of allylic oxidation sites excluding steroid dienone is 1. The van der Waals surface area contributed by atoms with Crippen LogP contribution < -0.4 is 0 Å². The van der Waals surface area contributed by atoms with Gasteiger partial charge in [0.25, 0.3) is 0 Å². The van der Waals surface area contributed by atoms with E-state index in [1.165, 1.54) is 11.3 Å². The highest BCUT2D eigenvalue weighted by Crippen LogP contribution is 2.28. The van der Waals surface area contributed by atoms with Gasteiger partial charge < -0.3 is 9.84 Å². The van der Waals surface area contributed by atoms with Gasteiger partial charge in [0.1, 0.15) is 22.4 Å². The average molecular weight is 476 g/mol. The number of rotatable bonds is 6. The molecule has 0 aliphatic carbocycles. The summed E-state index contributed by atoms with van der Waals surface area (Å²) in [7, 11) is 0. The Morgan fingerprint density at radius 1 is 1.45 bits per heavy atom. The molecule has 1 fully saturated rings. The molecule has 29 heavy (non-hydrogen) atoms. The van der Waals surface area contributed by atoms with E-state index in [0.717, 1.165) is 35.1 Å². The van der Waals surface area contributed by atoms with Gasteiger partial charge in [0.05, 0.1) is 24.8 Å². The number of thiazole rings is 1. The smallest absolute Gasteiger partial charge is 0.310 e. The summed E-state index contributed by atoms with van der Waals surface area (Å²) in [5.74, 6) is -0.403. The number of carbonyl (C=O) groups is 1. The van der Waals surface area contributed by atoms with Crippen molar-refractivity contribution in [1.29, 1.82) is 5.26 Å². The molecule has 6 nitrogen and oxygen atoms in total. The minimum atomic E-state index is -0.194. The van der Waals surface area contributed by atoms with Gasteiger partial charge in [-0.3, -0.25) is 9.69 Å². The van der Waals surface area contributed by atoms with Crippen LogP contribution in [0.15, 0.2) is 39.9 Å². The third kappa shape index (κ3) is 5.44. The number of hydrogen-bond acceptors (Lipinski definition) is 7. The van der Waals surface area contributed by atoms with Gasteiger partial charge in [-0.15, -0.1) is 11.3 Å². The lowest BCUT2D eigenvalue weighted by atomic mass is 9.98. The van der Waals surface area contributed by atoms with E-state index in [-0.39, 0.29) is 29.8 Å². The molecule has 2 heterocycles. The molecule has 1 aromatic carbocycles. The van der Waals surface area contributed by atoms with Gasteiger partial charge in [-0.25, -0.2) is 4.98 Å². The predicted molar refractivity (Wildman–Crippen MR) is 116 cm³/mol. The molecule has 152 valence electrons. The maximum atomic E-state index is 12.0. The summed E-state index contributed by atoms with van der Waals surface area (Å²) in [5.41, 5.74) is 1.89. The van der Waals surface area contributed by atoms with Crippen molar-refractivity contribution in [2.24, 2.45) is 5.92 Å². The lowest BCUT2D eigenvalue weighted by Gasteiger charge is -2.31. The van der Waals surface area contributed by atoms with Crippen molar-refractivity contribution in [3.63, 3.8) is 0 Å². The topological polar surface area (TPSA) is 86.5 Å². The maximum absolute atomic E-state index is 12.0. The molecule has 1 aliphatic rings. The van der Waals surface area contributed by atoms with Crippen LogP contribution in [0.5, 0.6) is 0 Å². The number of ether oxygens (including phenoxy) is 1. The highest BCUT2D eigenvalue weighted by atomic mass is 79.9. The second-order valence-corrected chi connectivity index (χ2v) is 8.58. The number of halogens is 1. The fraction of sp³-hybridized carbons (Fsp3) is 0.381. The Hall–Kier alpha value is -2.21. The van der Waals surface area contributed by atoms with E-state index in [2.05, 4.69) is 27.0 Å². The molecular formula is C21H22BrN3O3S. The van der Waals surface area contributed by atoms with Crippen LogP contribution in [0.2, 0.25) is 0 Å². The molecule has 1 aliphatic heterocycles. The minimum Gasteiger partial charge on any atom is -0.509 e. The third-order valence-corrected chi connectivity index (χ3v) is 6.15. The molecule has 1 unspecified atom stereocenters. The van der Waals surface area contributed by atoms with Crippen molar-refractivity contribution < 1.29 is 14.6 Å². The van der Waals surface area contributed by atoms with E-state index in [4.69, 9.17) is 4.74 Å². The summed E-state index contributed by atoms with van der Waals surface area (Å²) in [4.78, 5) is 18.5. The Morgan fingerprint density at radius 2 is 2.21 bits per heavy atom. The Bertz CT molecular complexity index is 933. The fourth-order valence-corrected chi connectivity index (χ4v) is 4.43. The highest BCUT2D eigenvalue weighted by molar-refractivity contribution is 9.10. The molecule has 1 aromatic heterocycles. The van der Waals surface area contributed by atoms with Gasteiger partial charge in [-0.05, 0) is 38.4 Å². The van der Waals surface area contributed by atoms with Crippen LogP contribution in [0.25, 0.3) is 16.8 Å². The molecule has 0 saturated carbocycles. The number of hydrogen-bond donors (Lipinski definition) is 1. The van der Waals surface area contributed by atoms with Gasteiger partial charge in [0.15, 0.2) is 0 Å². The molecule has 0 radical (unpaired) electrons. The van der Waals surface area contributed by atoms with E-state index in [9.17, 15) is 15.2 Å². The number of aliphatic hydroxyl groups excluding tert-OH is 1. The lowest BCUT2D eigenvalue weighted by Crippen LogP contribution is -2.40. The Labute approximate surface area is 182 Å². The SMILES string of the molecule is CCOC(=O)C1CCCN(C/C(O)=C(\C#N)c2nc(-c3ccc(Br)cc3)cs2)C1. The molecule has 2 aromatic rings. The highest BCUT2D eigenvalue weighted by Gasteiger charge is 2.28. The lowest BCUT2D eigenvalue weighted by molar-refractivity contribution is -0.149. The monoisotopic (exact) mass is 475 g/mol. The van der Waals surface area contributed by atoms with Crippen molar-refractivity contribution in [3.05, 3.63) is 44.9 Å². The molecule has 0 amide bonds. The zero-order chi connectivity index (χ0) is 20.8. The van der Waals surface area contributed by atoms with Crippen molar-refractivity contribution in [2.75, 3.05) is 26.2 Å². The summed E-state index contributed by atoms with van der Waals surface area (Å²) in [6.45, 7) is 3.66. The van der Waals surface area contributed by atoms with Gasteiger partial charge in [0.2, 0.25) is 0 Å². The molecule has 8 heteroatoms. The number of aromatic nitrogens is 1. The van der Waals surface area contributed by atoms with Crippen LogP contribution in [-0.2, 0) is 9.53 Å². The second-order valence-electron chi connectivity index (χ2n) is 6.80. The fourth-order valence-electron chi connectivity index (χ4n) is 3.32. The largest absolute Gasteiger partial charge is 0.509 e. The van der Waals surface area contributed by atoms with Crippen LogP contribution >= 0.6 is 27.3 Å². The zero-order valence-electron chi connectivity index (χ0n) is 16.1. The quantitative estimate of drug-likeness (QED) is 0.372. The molecule has 0 bridgehead atoms. The summed E-state index contributed by atoms with van der Waals surface area (Å²) >= 11 is 4.74. The van der Waals surface area contributed by atoms with Crippen molar-refractivity contribution in [1.82, 2.24) is 9.88 Å². The second kappa shape index (κ2) is 10.0. The summed E-state index contributed by atoms with van der Waals surface area (Å²) in [6.07, 6.45) is 1.64. The summed E-state index contributed by atoms with van der Waals surface area (Å²) in [6, 6.07) is 9.85. The van der Waals surface area contributed by atoms with Crippen LogP contribution in [0.1, 0.15) is 24.8 Å². The molecule has 1 saturated heterocycles. The Balaban J connectivity index is 1.74. The van der Waals surface area contributed by atoms with E-state index in [1.54, 1.807) is 6.92 Å². The predicted octanol–water partition coefficient (Wildman–Crippen LogP) is 4.64. The number of aliphatic hydroxyl groups is 1. The Kier molecular flexibility index (Phi) is 7.42. The number of likely N-dealkylation sites (tertiary alicyclic amines) is 1. The number of carbonyl (C=O) groups excluding carboxylic acids is 1. The van der Waals surface area contributed by atoms with Crippen molar-refractivity contribution in [2.45, 2.75) is 19.8 Å². The summed E-state index contributed by atoms with van der Waals surface area (Å²) in [5, 5.41) is 22.6. The number of nitrogens with zero attached hydrogens (tertiary/aromatic N) is 3. The van der Waals surface area contributed by atoms with Crippen molar-refractivity contribution in [3.8, 4) is 17.3 Å². The number of benzene rings is 1. The van der Waals surface area contributed by atoms with Gasteiger partial charge in [-0.1, -0.05) is 28.1 Å². The minimum absolute atomic E-state index is 0.0197. The van der Waals surface area contributed by atoms with Crippen LogP contribution in [0.4, 0.5) is 0 Å². The standard InChI is InChI=1S/C21H22BrN3O3S/c1-2-28-21(27)15-4-3-9-25(11-15)12-19(26)17(10-23)20-24-18(13-29-20)14-5-7-16(22)8-6-14/h5-8,13,15,26H,2-4,9,11-12H2,1H3/b19-17-. The van der Waals surface area contributed by atoms with Crippen LogP contribution in [0.3, 0.4) is 0 Å². The first kappa shape index (κ1) is 21.5. The van der Waals surface area contributed by atoms with Gasteiger partial charge >= 0.3 is 5.97 Å². The van der Waals surface area contributed by atoms with Crippen LogP contribution in [0, 0.1) is 17.2 Å². The molecular weight excluding hydrogens is 454 g/mol. The maximum Gasteiger partial charge on any atom is 0.310 e. The Morgan fingerprint density at radius 3 is 2.90 bits per heavy atom. The van der Waals surface area contributed by atoms with E-state index in [1.807, 2.05) is 34.5 Å². The van der Waals surface area contributed by atoms with E-state index in [0.29, 0.717) is 18.2 Å². The van der Waals surface area contributed by atoms with Crippen molar-refractivity contribution >= 4 is 38.8 Å². The molecule has 1 atom stereocenters. The van der Waals surface area contributed by atoms with E-state index < -0.39 is 0 Å². The number of piperidine rings is 1. The third-order valence-electron chi connectivity index (χ3n) is 4.76. The normalized spacial score (nSPS) is 18.0. The summed E-state index contributed by atoms with van der Waals surface area (Å²) < 4.78 is 6.10. The van der Waals surface area contributed by atoms with Gasteiger partial charge in [0, 0.05) is 22.0 Å². The first-order valence-electron chi connectivity index (χ1n) is 9.44. The molecule has 3 rings (SSSR count).